The number of carboxylic acids is 1. The Kier molecular flexibility index (Phi) is 5.95. The number of aromatic carboxylic acids is 1. The summed E-state index contributed by atoms with van der Waals surface area (Å²) in [6, 6.07) is 1.73. The van der Waals surface area contributed by atoms with Crippen molar-refractivity contribution in [2.45, 2.75) is 53.4 Å². The van der Waals surface area contributed by atoms with E-state index in [4.69, 9.17) is 0 Å². The number of amides is 1. The summed E-state index contributed by atoms with van der Waals surface area (Å²) in [7, 11) is 1.68. The number of rotatable bonds is 3. The molecule has 1 N–H and O–H groups in total. The summed E-state index contributed by atoms with van der Waals surface area (Å²) in [5.74, 6) is 5.83. The Morgan fingerprint density at radius 3 is 2.36 bits per heavy atom. The molecule has 2 rings (SSSR count). The van der Waals surface area contributed by atoms with Crippen LogP contribution in [0.5, 0.6) is 0 Å². The van der Waals surface area contributed by atoms with Crippen LogP contribution in [0.25, 0.3) is 0 Å². The van der Waals surface area contributed by atoms with E-state index in [9.17, 15) is 14.7 Å². The third-order valence-electron chi connectivity index (χ3n) is 4.52. The SMILES string of the molecule is CC1CCC(C(=O)N(C)c2cc(C#CC(C)(C)C)sc2C(=O)O)CC1. The van der Waals surface area contributed by atoms with E-state index in [2.05, 4.69) is 18.8 Å². The molecule has 5 heteroatoms. The highest BCUT2D eigenvalue weighted by Gasteiger charge is 2.29. The van der Waals surface area contributed by atoms with Gasteiger partial charge in [-0.1, -0.05) is 18.8 Å². The number of carbonyl (C=O) groups excluding carboxylic acids is 1. The monoisotopic (exact) mass is 361 g/mol. The van der Waals surface area contributed by atoms with Crippen molar-refractivity contribution in [3.8, 4) is 11.8 Å². The fraction of sp³-hybridized carbons (Fsp3) is 0.600. The number of thiophene rings is 1. The van der Waals surface area contributed by atoms with Crippen molar-refractivity contribution in [1.82, 2.24) is 0 Å². The smallest absolute Gasteiger partial charge is 0.348 e. The molecule has 1 saturated carbocycles. The molecule has 0 aromatic carbocycles. The average molecular weight is 362 g/mol. The summed E-state index contributed by atoms with van der Waals surface area (Å²) in [6.07, 6.45) is 3.88. The van der Waals surface area contributed by atoms with Gasteiger partial charge in [-0.2, -0.15) is 0 Å². The summed E-state index contributed by atoms with van der Waals surface area (Å²) in [5, 5.41) is 9.51. The Morgan fingerprint density at radius 1 is 1.24 bits per heavy atom. The number of hydrogen-bond acceptors (Lipinski definition) is 3. The number of carboxylic acid groups (broad SMARTS) is 1. The molecule has 1 heterocycles. The van der Waals surface area contributed by atoms with E-state index >= 15 is 0 Å². The van der Waals surface area contributed by atoms with Crippen LogP contribution in [0.2, 0.25) is 0 Å². The van der Waals surface area contributed by atoms with Crippen LogP contribution >= 0.6 is 11.3 Å². The van der Waals surface area contributed by atoms with E-state index in [-0.39, 0.29) is 22.1 Å². The first-order valence-corrected chi connectivity index (χ1v) is 9.58. The second-order valence-corrected chi connectivity index (χ2v) is 9.04. The van der Waals surface area contributed by atoms with Gasteiger partial charge < -0.3 is 10.0 Å². The average Bonchev–Trinajstić information content (AvgIpc) is 2.96. The highest BCUT2D eigenvalue weighted by Crippen LogP contribution is 2.34. The van der Waals surface area contributed by atoms with Crippen molar-refractivity contribution in [3.63, 3.8) is 0 Å². The summed E-state index contributed by atoms with van der Waals surface area (Å²) >= 11 is 1.13. The Bertz CT molecular complexity index is 710. The van der Waals surface area contributed by atoms with Gasteiger partial charge >= 0.3 is 5.97 Å². The van der Waals surface area contributed by atoms with Crippen LogP contribution in [0.15, 0.2) is 6.07 Å². The van der Waals surface area contributed by atoms with Gasteiger partial charge in [-0.15, -0.1) is 11.3 Å². The van der Waals surface area contributed by atoms with E-state index in [1.807, 2.05) is 20.8 Å². The van der Waals surface area contributed by atoms with E-state index < -0.39 is 5.97 Å². The van der Waals surface area contributed by atoms with Crippen LogP contribution in [0.1, 0.15) is 67.9 Å². The van der Waals surface area contributed by atoms with Crippen LogP contribution in [0.3, 0.4) is 0 Å². The van der Waals surface area contributed by atoms with E-state index in [0.29, 0.717) is 16.5 Å². The lowest BCUT2D eigenvalue weighted by Gasteiger charge is -2.28. The predicted octanol–water partition coefficient (Wildman–Crippen LogP) is 4.63. The lowest BCUT2D eigenvalue weighted by molar-refractivity contribution is -0.123. The molecule has 0 unspecified atom stereocenters. The van der Waals surface area contributed by atoms with Gasteiger partial charge in [0.15, 0.2) is 0 Å². The lowest BCUT2D eigenvalue weighted by Crippen LogP contribution is -2.35. The number of anilines is 1. The molecule has 1 amide bonds. The predicted molar refractivity (Wildman–Crippen MR) is 102 cm³/mol. The standard InChI is InChI=1S/C20H27NO3S/c1-13-6-8-14(9-7-13)18(22)21(5)16-12-15(10-11-20(2,3)4)25-17(16)19(23)24/h12-14H,6-9H2,1-5H3,(H,23,24). The summed E-state index contributed by atoms with van der Waals surface area (Å²) in [6.45, 7) is 8.23. The van der Waals surface area contributed by atoms with Crippen molar-refractivity contribution >= 4 is 28.9 Å². The molecule has 4 nitrogen and oxygen atoms in total. The maximum atomic E-state index is 12.8. The highest BCUT2D eigenvalue weighted by molar-refractivity contribution is 7.15. The molecule has 0 spiro atoms. The van der Waals surface area contributed by atoms with Gasteiger partial charge in [0.05, 0.1) is 10.6 Å². The second-order valence-electron chi connectivity index (χ2n) is 7.98. The minimum atomic E-state index is -1.01. The largest absolute Gasteiger partial charge is 0.477 e. The number of hydrogen-bond donors (Lipinski definition) is 1. The van der Waals surface area contributed by atoms with Crippen LogP contribution in [-0.4, -0.2) is 24.0 Å². The van der Waals surface area contributed by atoms with Gasteiger partial charge in [0.2, 0.25) is 5.91 Å². The van der Waals surface area contributed by atoms with E-state index in [1.54, 1.807) is 13.1 Å². The zero-order valence-corrected chi connectivity index (χ0v) is 16.5. The molecule has 0 saturated heterocycles. The first-order chi connectivity index (χ1) is 11.6. The van der Waals surface area contributed by atoms with Crippen molar-refractivity contribution in [3.05, 3.63) is 15.8 Å². The lowest BCUT2D eigenvalue weighted by atomic mass is 9.82. The molecule has 0 aliphatic heterocycles. The fourth-order valence-electron chi connectivity index (χ4n) is 2.99. The minimum Gasteiger partial charge on any atom is -0.477 e. The van der Waals surface area contributed by atoms with Gasteiger partial charge in [0.1, 0.15) is 4.88 Å². The number of carbonyl (C=O) groups is 2. The van der Waals surface area contributed by atoms with Gasteiger partial charge in [-0.25, -0.2) is 4.79 Å². The molecule has 1 aliphatic carbocycles. The quantitative estimate of drug-likeness (QED) is 0.798. The maximum absolute atomic E-state index is 12.8. The van der Waals surface area contributed by atoms with Gasteiger partial charge in [0, 0.05) is 18.4 Å². The first kappa shape index (κ1) is 19.5. The normalized spacial score (nSPS) is 20.5. The summed E-state index contributed by atoms with van der Waals surface area (Å²) < 4.78 is 0. The van der Waals surface area contributed by atoms with Crippen molar-refractivity contribution in [1.29, 1.82) is 0 Å². The Labute approximate surface area is 154 Å². The van der Waals surface area contributed by atoms with Gasteiger partial charge in [-0.3, -0.25) is 4.79 Å². The minimum absolute atomic E-state index is 0.00754. The molecule has 0 bridgehead atoms. The zero-order chi connectivity index (χ0) is 18.8. The highest BCUT2D eigenvalue weighted by atomic mass is 32.1. The van der Waals surface area contributed by atoms with Crippen LogP contribution < -0.4 is 4.90 Å². The van der Waals surface area contributed by atoms with Gasteiger partial charge in [0.25, 0.3) is 0 Å². The van der Waals surface area contributed by atoms with Crippen molar-refractivity contribution in [2.24, 2.45) is 17.3 Å². The Hall–Kier alpha value is -1.80. The Balaban J connectivity index is 2.26. The van der Waals surface area contributed by atoms with Crippen molar-refractivity contribution < 1.29 is 14.7 Å². The maximum Gasteiger partial charge on any atom is 0.348 e. The molecule has 1 aromatic rings. The Morgan fingerprint density at radius 2 is 1.84 bits per heavy atom. The molecular weight excluding hydrogens is 334 g/mol. The van der Waals surface area contributed by atoms with Gasteiger partial charge in [-0.05, 0) is 58.4 Å². The molecule has 0 atom stereocenters. The molecule has 25 heavy (non-hydrogen) atoms. The molecule has 136 valence electrons. The molecule has 1 aromatic heterocycles. The van der Waals surface area contributed by atoms with Crippen LogP contribution in [0, 0.1) is 29.1 Å². The van der Waals surface area contributed by atoms with Crippen molar-refractivity contribution in [2.75, 3.05) is 11.9 Å². The van der Waals surface area contributed by atoms with Crippen LogP contribution in [0.4, 0.5) is 5.69 Å². The number of nitrogens with zero attached hydrogens (tertiary/aromatic N) is 1. The summed E-state index contributed by atoms with van der Waals surface area (Å²) in [4.78, 5) is 26.8. The third-order valence-corrected chi connectivity index (χ3v) is 5.55. The second kappa shape index (κ2) is 7.61. The fourth-order valence-corrected chi connectivity index (χ4v) is 3.87. The van der Waals surface area contributed by atoms with Crippen LogP contribution in [-0.2, 0) is 4.79 Å². The topological polar surface area (TPSA) is 57.6 Å². The first-order valence-electron chi connectivity index (χ1n) is 8.76. The zero-order valence-electron chi connectivity index (χ0n) is 15.7. The summed E-state index contributed by atoms with van der Waals surface area (Å²) in [5.41, 5.74) is 0.299. The third kappa shape index (κ3) is 5.09. The van der Waals surface area contributed by atoms with E-state index in [1.165, 1.54) is 4.90 Å². The van der Waals surface area contributed by atoms with E-state index in [0.717, 1.165) is 37.0 Å². The molecular formula is C20H27NO3S. The molecule has 1 aliphatic rings. The molecule has 0 radical (unpaired) electrons. The molecule has 1 fully saturated rings.